The lowest BCUT2D eigenvalue weighted by molar-refractivity contribution is 0.444. The second kappa shape index (κ2) is 8.50. The van der Waals surface area contributed by atoms with Crippen molar-refractivity contribution in [1.82, 2.24) is 9.19 Å². The molecule has 0 radical (unpaired) electrons. The summed E-state index contributed by atoms with van der Waals surface area (Å²) in [5, 5.41) is 10.3. The molecule has 1 fully saturated rings. The predicted molar refractivity (Wildman–Crippen MR) is 142 cm³/mol. The van der Waals surface area contributed by atoms with E-state index in [0.717, 1.165) is 29.5 Å². The monoisotopic (exact) mass is 501 g/mol. The first-order valence-corrected chi connectivity index (χ1v) is 14.3. The van der Waals surface area contributed by atoms with Crippen LogP contribution in [-0.2, 0) is 21.9 Å². The van der Waals surface area contributed by atoms with E-state index in [9.17, 15) is 8.42 Å². The van der Waals surface area contributed by atoms with Gasteiger partial charge in [0.25, 0.3) is 10.0 Å². The maximum atomic E-state index is 13.9. The van der Waals surface area contributed by atoms with Gasteiger partial charge in [-0.15, -0.1) is 16.4 Å². The van der Waals surface area contributed by atoms with Crippen LogP contribution in [0.15, 0.2) is 83.1 Å². The van der Waals surface area contributed by atoms with Gasteiger partial charge in [-0.3, -0.25) is 0 Å². The number of aromatic nitrogens is 2. The molecule has 35 heavy (non-hydrogen) atoms. The Balaban J connectivity index is 1.54. The third kappa shape index (κ3) is 3.74. The van der Waals surface area contributed by atoms with Crippen LogP contribution >= 0.6 is 11.3 Å². The first kappa shape index (κ1) is 22.3. The van der Waals surface area contributed by atoms with Crippen LogP contribution in [0.2, 0.25) is 0 Å². The number of fused-ring (bicyclic) bond motifs is 1. The number of hydrogen-bond acceptors (Lipinski definition) is 5. The van der Waals surface area contributed by atoms with Crippen LogP contribution < -0.4 is 5.32 Å². The second-order valence-corrected chi connectivity index (χ2v) is 12.2. The van der Waals surface area contributed by atoms with Gasteiger partial charge in [0.1, 0.15) is 0 Å². The fourth-order valence-electron chi connectivity index (χ4n) is 4.97. The number of allylic oxidation sites excluding steroid dienone is 1. The van der Waals surface area contributed by atoms with Crippen molar-refractivity contribution in [3.05, 3.63) is 105 Å². The quantitative estimate of drug-likeness (QED) is 0.351. The Bertz CT molecular complexity index is 1480. The average molecular weight is 502 g/mol. The van der Waals surface area contributed by atoms with E-state index in [0.29, 0.717) is 24.0 Å². The highest BCUT2D eigenvalue weighted by molar-refractivity contribution is 7.89. The topological polar surface area (TPSA) is 64.0 Å². The lowest BCUT2D eigenvalue weighted by Crippen LogP contribution is -2.32. The van der Waals surface area contributed by atoms with Gasteiger partial charge in [0.05, 0.1) is 16.0 Å². The Kier molecular flexibility index (Phi) is 5.42. The van der Waals surface area contributed by atoms with Crippen molar-refractivity contribution in [2.45, 2.75) is 49.0 Å². The standard InChI is InChI=1S/C28H27N3O2S2/c1-20-12-14-23(15-13-20)35(32,33)31-25-19-28(26-11-6-18-34-26,21-7-3-2-4-8-21)17-16-24(25)27(30-31)29-22-9-5-10-22/h2-4,6-8,11-18,22H,5,9-10,19H2,1H3,(H,29,30). The van der Waals surface area contributed by atoms with Crippen molar-refractivity contribution in [3.63, 3.8) is 0 Å². The Hall–Kier alpha value is -3.16. The summed E-state index contributed by atoms with van der Waals surface area (Å²) in [6, 6.07) is 21.9. The number of aryl methyl sites for hydroxylation is 1. The van der Waals surface area contributed by atoms with Gasteiger partial charge in [-0.25, -0.2) is 0 Å². The van der Waals surface area contributed by atoms with Crippen LogP contribution in [0.4, 0.5) is 5.82 Å². The van der Waals surface area contributed by atoms with E-state index >= 15 is 0 Å². The summed E-state index contributed by atoms with van der Waals surface area (Å²) in [5.41, 5.74) is 3.28. The SMILES string of the molecule is Cc1ccc(S(=O)(=O)n2nc(NC3CCC3)c3c2CC(c2ccccc2)(c2cccs2)C=C3)cc1. The van der Waals surface area contributed by atoms with Crippen molar-refractivity contribution in [2.75, 3.05) is 5.32 Å². The van der Waals surface area contributed by atoms with Crippen molar-refractivity contribution in [2.24, 2.45) is 0 Å². The molecule has 4 aromatic rings. The molecule has 1 saturated carbocycles. The lowest BCUT2D eigenvalue weighted by atomic mass is 9.72. The largest absolute Gasteiger partial charge is 0.365 e. The van der Waals surface area contributed by atoms with Crippen LogP contribution in [0, 0.1) is 6.92 Å². The lowest BCUT2D eigenvalue weighted by Gasteiger charge is -2.34. The van der Waals surface area contributed by atoms with Crippen LogP contribution in [0.5, 0.6) is 0 Å². The number of hydrogen-bond donors (Lipinski definition) is 1. The number of benzene rings is 2. The molecule has 2 aromatic heterocycles. The summed E-state index contributed by atoms with van der Waals surface area (Å²) in [5.74, 6) is 0.657. The molecule has 2 aliphatic carbocycles. The van der Waals surface area contributed by atoms with E-state index in [4.69, 9.17) is 5.10 Å². The van der Waals surface area contributed by atoms with Gasteiger partial charge < -0.3 is 5.32 Å². The molecule has 2 heterocycles. The van der Waals surface area contributed by atoms with Crippen LogP contribution in [0.3, 0.4) is 0 Å². The summed E-state index contributed by atoms with van der Waals surface area (Å²) in [6.45, 7) is 1.95. The minimum atomic E-state index is -3.87. The van der Waals surface area contributed by atoms with E-state index < -0.39 is 15.4 Å². The molecule has 6 rings (SSSR count). The first-order chi connectivity index (χ1) is 17.0. The van der Waals surface area contributed by atoms with Crippen molar-refractivity contribution in [3.8, 4) is 0 Å². The molecule has 0 saturated heterocycles. The highest BCUT2D eigenvalue weighted by Gasteiger charge is 2.40. The Morgan fingerprint density at radius 3 is 2.46 bits per heavy atom. The number of nitrogens with one attached hydrogen (secondary N) is 1. The molecular formula is C28H27N3O2S2. The Labute approximate surface area is 210 Å². The highest BCUT2D eigenvalue weighted by atomic mass is 32.2. The molecule has 0 bridgehead atoms. The van der Waals surface area contributed by atoms with Gasteiger partial charge >= 0.3 is 0 Å². The molecule has 178 valence electrons. The van der Waals surface area contributed by atoms with E-state index in [1.807, 2.05) is 37.3 Å². The van der Waals surface area contributed by atoms with Gasteiger partial charge in [-0.1, -0.05) is 66.2 Å². The molecule has 2 aromatic carbocycles. The minimum Gasteiger partial charge on any atom is -0.365 e. The van der Waals surface area contributed by atoms with E-state index in [1.165, 1.54) is 15.4 Å². The van der Waals surface area contributed by atoms with Crippen LogP contribution in [0.25, 0.3) is 6.08 Å². The molecule has 1 N–H and O–H groups in total. The molecule has 0 amide bonds. The summed E-state index contributed by atoms with van der Waals surface area (Å²) < 4.78 is 29.1. The zero-order valence-electron chi connectivity index (χ0n) is 19.5. The normalized spacial score (nSPS) is 19.8. The molecule has 0 spiro atoms. The first-order valence-electron chi connectivity index (χ1n) is 12.0. The van der Waals surface area contributed by atoms with E-state index in [2.05, 4.69) is 47.1 Å². The van der Waals surface area contributed by atoms with E-state index in [-0.39, 0.29) is 4.90 Å². The van der Waals surface area contributed by atoms with Gasteiger partial charge in [0.15, 0.2) is 5.82 Å². The third-order valence-electron chi connectivity index (χ3n) is 7.21. The third-order valence-corrected chi connectivity index (χ3v) is 9.88. The van der Waals surface area contributed by atoms with Crippen molar-refractivity contribution < 1.29 is 8.42 Å². The molecule has 1 atom stereocenters. The fraction of sp³-hybridized carbons (Fsp3) is 0.250. The second-order valence-electron chi connectivity index (χ2n) is 9.47. The summed E-state index contributed by atoms with van der Waals surface area (Å²) in [6.07, 6.45) is 8.16. The van der Waals surface area contributed by atoms with Crippen molar-refractivity contribution in [1.29, 1.82) is 0 Å². The Morgan fingerprint density at radius 2 is 1.80 bits per heavy atom. The van der Waals surface area contributed by atoms with Crippen LogP contribution in [0.1, 0.15) is 46.5 Å². The molecular weight excluding hydrogens is 474 g/mol. The zero-order valence-corrected chi connectivity index (χ0v) is 21.1. The highest BCUT2D eigenvalue weighted by Crippen LogP contribution is 2.45. The van der Waals surface area contributed by atoms with Crippen molar-refractivity contribution >= 4 is 33.3 Å². The fourth-order valence-corrected chi connectivity index (χ4v) is 7.22. The van der Waals surface area contributed by atoms with Gasteiger partial charge in [0.2, 0.25) is 0 Å². The van der Waals surface area contributed by atoms with Crippen LogP contribution in [-0.4, -0.2) is 23.6 Å². The molecule has 0 aliphatic heterocycles. The number of nitrogens with zero attached hydrogens (tertiary/aromatic N) is 2. The van der Waals surface area contributed by atoms with Gasteiger partial charge in [-0.2, -0.15) is 12.5 Å². The Morgan fingerprint density at radius 1 is 1.03 bits per heavy atom. The number of thiophene rings is 1. The average Bonchev–Trinajstić information content (AvgIpc) is 3.51. The minimum absolute atomic E-state index is 0.250. The number of rotatable bonds is 6. The molecule has 2 aliphatic rings. The zero-order chi connectivity index (χ0) is 24.0. The predicted octanol–water partition coefficient (Wildman–Crippen LogP) is 6.01. The summed E-state index contributed by atoms with van der Waals surface area (Å²) in [7, 11) is -3.87. The maximum absolute atomic E-state index is 13.9. The van der Waals surface area contributed by atoms with Gasteiger partial charge in [-0.05, 0) is 55.3 Å². The molecule has 1 unspecified atom stereocenters. The number of anilines is 1. The smallest absolute Gasteiger partial charge is 0.283 e. The van der Waals surface area contributed by atoms with E-state index in [1.54, 1.807) is 23.5 Å². The van der Waals surface area contributed by atoms with Gasteiger partial charge in [0, 0.05) is 22.9 Å². The summed E-state index contributed by atoms with van der Waals surface area (Å²) >= 11 is 1.69. The molecule has 7 heteroatoms. The summed E-state index contributed by atoms with van der Waals surface area (Å²) in [4.78, 5) is 1.43. The maximum Gasteiger partial charge on any atom is 0.283 e. The molecule has 5 nitrogen and oxygen atoms in total.